The van der Waals surface area contributed by atoms with Crippen molar-refractivity contribution in [3.8, 4) is 0 Å². The molecule has 3 aromatic rings. The van der Waals surface area contributed by atoms with E-state index in [2.05, 4.69) is 16.5 Å². The number of sulfonamides is 1. The number of amides is 1. The molecule has 0 spiro atoms. The number of aromatic nitrogens is 2. The van der Waals surface area contributed by atoms with Gasteiger partial charge in [0, 0.05) is 38.4 Å². The van der Waals surface area contributed by atoms with Crippen LogP contribution >= 0.6 is 0 Å². The van der Waals surface area contributed by atoms with Crippen LogP contribution in [0.4, 0.5) is 0 Å². The van der Waals surface area contributed by atoms with E-state index < -0.39 is 10.0 Å². The van der Waals surface area contributed by atoms with Crippen molar-refractivity contribution in [2.45, 2.75) is 56.5 Å². The second-order valence-corrected chi connectivity index (χ2v) is 10.7. The van der Waals surface area contributed by atoms with Crippen molar-refractivity contribution in [3.63, 3.8) is 0 Å². The number of nitrogens with one attached hydrogen (secondary N) is 1. The molecule has 1 aromatic heterocycles. The van der Waals surface area contributed by atoms with Crippen molar-refractivity contribution >= 4 is 15.9 Å². The van der Waals surface area contributed by atoms with Crippen molar-refractivity contribution < 1.29 is 13.2 Å². The Morgan fingerprint density at radius 1 is 0.912 bits per heavy atom. The third-order valence-electron chi connectivity index (χ3n) is 6.15. The Labute approximate surface area is 201 Å². The van der Waals surface area contributed by atoms with Gasteiger partial charge in [-0.15, -0.1) is 0 Å². The predicted molar refractivity (Wildman–Crippen MR) is 132 cm³/mol. The molecule has 0 bridgehead atoms. The van der Waals surface area contributed by atoms with E-state index in [0.29, 0.717) is 43.9 Å². The first-order chi connectivity index (χ1) is 16.5. The minimum absolute atomic E-state index is 0.0289. The topological polar surface area (TPSA) is 84.3 Å². The normalized spacial score (nSPS) is 15.1. The average Bonchev–Trinajstić information content (AvgIpc) is 3.19. The lowest BCUT2D eigenvalue weighted by atomic mass is 10.1. The van der Waals surface area contributed by atoms with Gasteiger partial charge >= 0.3 is 0 Å². The van der Waals surface area contributed by atoms with Gasteiger partial charge in [0.15, 0.2) is 0 Å². The molecule has 1 amide bonds. The molecular formula is C26H32N4O3S. The second kappa shape index (κ2) is 11.4. The van der Waals surface area contributed by atoms with Crippen LogP contribution in [0.5, 0.6) is 0 Å². The van der Waals surface area contributed by atoms with E-state index in [-0.39, 0.29) is 5.91 Å². The zero-order chi connectivity index (χ0) is 23.8. The monoisotopic (exact) mass is 480 g/mol. The Hall–Kier alpha value is -2.97. The van der Waals surface area contributed by atoms with Gasteiger partial charge in [0.25, 0.3) is 0 Å². The lowest BCUT2D eigenvalue weighted by molar-refractivity contribution is -0.121. The molecule has 0 unspecified atom stereocenters. The van der Waals surface area contributed by atoms with Crippen LogP contribution in [-0.2, 0) is 34.3 Å². The maximum atomic E-state index is 12.9. The minimum Gasteiger partial charge on any atom is -0.352 e. The Morgan fingerprint density at radius 2 is 1.65 bits per heavy atom. The van der Waals surface area contributed by atoms with Crippen molar-refractivity contribution in [2.75, 3.05) is 13.1 Å². The maximum absolute atomic E-state index is 12.9. The molecule has 34 heavy (non-hydrogen) atoms. The van der Waals surface area contributed by atoms with Crippen molar-refractivity contribution in [3.05, 3.63) is 83.7 Å². The molecule has 2 heterocycles. The molecule has 180 valence electrons. The molecule has 1 N–H and O–H groups in total. The van der Waals surface area contributed by atoms with Crippen LogP contribution in [0.2, 0.25) is 0 Å². The fourth-order valence-corrected chi connectivity index (χ4v) is 5.74. The van der Waals surface area contributed by atoms with E-state index in [4.69, 9.17) is 0 Å². The molecule has 0 radical (unpaired) electrons. The summed E-state index contributed by atoms with van der Waals surface area (Å²) in [5.74, 6) is -0.0289. The predicted octanol–water partition coefficient (Wildman–Crippen LogP) is 3.75. The molecule has 1 aliphatic heterocycles. The van der Waals surface area contributed by atoms with Crippen LogP contribution in [0.25, 0.3) is 0 Å². The maximum Gasteiger partial charge on any atom is 0.243 e. The lowest BCUT2D eigenvalue weighted by Gasteiger charge is -2.20. The zero-order valence-corrected chi connectivity index (χ0v) is 20.2. The average molecular weight is 481 g/mol. The van der Waals surface area contributed by atoms with Gasteiger partial charge in [0.1, 0.15) is 0 Å². The summed E-state index contributed by atoms with van der Waals surface area (Å²) in [5.41, 5.74) is 3.12. The standard InChI is InChI=1S/C26H32N4O3S/c31-26(27-20-23-7-5-8-24(19-23)21-29-16-6-15-28-29)14-11-22-9-12-25(13-10-22)34(32,33)30-17-3-1-2-4-18-30/h5-10,12-13,15-16,19H,1-4,11,14,17-18,20-21H2,(H,27,31). The fourth-order valence-electron chi connectivity index (χ4n) is 4.23. The van der Waals surface area contributed by atoms with Crippen LogP contribution in [0, 0.1) is 0 Å². The van der Waals surface area contributed by atoms with Crippen LogP contribution in [-0.4, -0.2) is 41.5 Å². The number of aryl methyl sites for hydroxylation is 1. The molecule has 1 fully saturated rings. The molecule has 7 nitrogen and oxygen atoms in total. The summed E-state index contributed by atoms with van der Waals surface area (Å²) >= 11 is 0. The summed E-state index contributed by atoms with van der Waals surface area (Å²) in [7, 11) is -3.44. The second-order valence-electron chi connectivity index (χ2n) is 8.76. The van der Waals surface area contributed by atoms with E-state index in [9.17, 15) is 13.2 Å². The minimum atomic E-state index is -3.44. The van der Waals surface area contributed by atoms with E-state index in [1.54, 1.807) is 22.6 Å². The van der Waals surface area contributed by atoms with Crippen LogP contribution < -0.4 is 5.32 Å². The first-order valence-electron chi connectivity index (χ1n) is 11.9. The Bertz CT molecular complexity index is 1170. The number of carbonyl (C=O) groups excluding carboxylic acids is 1. The van der Waals surface area contributed by atoms with Gasteiger partial charge in [-0.05, 0) is 54.2 Å². The quantitative estimate of drug-likeness (QED) is 0.506. The molecule has 8 heteroatoms. The highest BCUT2D eigenvalue weighted by Crippen LogP contribution is 2.21. The van der Waals surface area contributed by atoms with Gasteiger partial charge in [-0.25, -0.2) is 8.42 Å². The van der Waals surface area contributed by atoms with Gasteiger partial charge in [0.05, 0.1) is 11.4 Å². The highest BCUT2D eigenvalue weighted by atomic mass is 32.2. The van der Waals surface area contributed by atoms with Crippen molar-refractivity contribution in [1.82, 2.24) is 19.4 Å². The number of rotatable bonds is 9. The molecule has 4 rings (SSSR count). The van der Waals surface area contributed by atoms with E-state index in [1.807, 2.05) is 47.3 Å². The van der Waals surface area contributed by atoms with E-state index in [0.717, 1.165) is 42.4 Å². The number of nitrogens with zero attached hydrogens (tertiary/aromatic N) is 3. The van der Waals surface area contributed by atoms with Crippen LogP contribution in [0.15, 0.2) is 71.9 Å². The van der Waals surface area contributed by atoms with Crippen LogP contribution in [0.3, 0.4) is 0 Å². The lowest BCUT2D eigenvalue weighted by Crippen LogP contribution is -2.31. The zero-order valence-electron chi connectivity index (χ0n) is 19.4. The van der Waals surface area contributed by atoms with E-state index >= 15 is 0 Å². The van der Waals surface area contributed by atoms with Crippen molar-refractivity contribution in [2.24, 2.45) is 0 Å². The van der Waals surface area contributed by atoms with Gasteiger partial charge in [-0.2, -0.15) is 9.40 Å². The highest BCUT2D eigenvalue weighted by molar-refractivity contribution is 7.89. The summed E-state index contributed by atoms with van der Waals surface area (Å²) in [4.78, 5) is 12.7. The molecule has 0 saturated carbocycles. The van der Waals surface area contributed by atoms with E-state index in [1.165, 1.54) is 0 Å². The SMILES string of the molecule is O=C(CCc1ccc(S(=O)(=O)N2CCCCCC2)cc1)NCc1cccc(Cn2cccn2)c1. The summed E-state index contributed by atoms with van der Waals surface area (Å²) in [6.45, 7) is 2.35. The molecule has 0 aliphatic carbocycles. The highest BCUT2D eigenvalue weighted by Gasteiger charge is 2.24. The summed E-state index contributed by atoms with van der Waals surface area (Å²) in [6.07, 6.45) is 8.60. The van der Waals surface area contributed by atoms with Gasteiger partial charge in [-0.1, -0.05) is 49.2 Å². The Morgan fingerprint density at radius 3 is 2.35 bits per heavy atom. The van der Waals surface area contributed by atoms with Gasteiger partial charge < -0.3 is 5.32 Å². The fraction of sp³-hybridized carbons (Fsp3) is 0.385. The number of hydrogen-bond donors (Lipinski definition) is 1. The molecule has 2 aromatic carbocycles. The largest absolute Gasteiger partial charge is 0.352 e. The third kappa shape index (κ3) is 6.55. The molecule has 1 aliphatic rings. The first kappa shape index (κ1) is 24.2. The summed E-state index contributed by atoms with van der Waals surface area (Å²) < 4.78 is 29.3. The van der Waals surface area contributed by atoms with Gasteiger partial charge in [-0.3, -0.25) is 9.48 Å². The third-order valence-corrected chi connectivity index (χ3v) is 8.06. The Kier molecular flexibility index (Phi) is 8.13. The molecule has 0 atom stereocenters. The smallest absolute Gasteiger partial charge is 0.243 e. The summed E-state index contributed by atoms with van der Waals surface area (Å²) in [6, 6.07) is 17.0. The molecular weight excluding hydrogens is 448 g/mol. The Balaban J connectivity index is 1.25. The van der Waals surface area contributed by atoms with Crippen molar-refractivity contribution in [1.29, 1.82) is 0 Å². The van der Waals surface area contributed by atoms with Crippen LogP contribution in [0.1, 0.15) is 48.8 Å². The number of carbonyl (C=O) groups is 1. The number of hydrogen-bond acceptors (Lipinski definition) is 4. The van der Waals surface area contributed by atoms with Gasteiger partial charge in [0.2, 0.25) is 15.9 Å². The molecule has 1 saturated heterocycles. The first-order valence-corrected chi connectivity index (χ1v) is 13.4. The number of benzene rings is 2. The summed E-state index contributed by atoms with van der Waals surface area (Å²) in [5, 5.41) is 7.20.